The summed E-state index contributed by atoms with van der Waals surface area (Å²) < 4.78 is 27.7. The van der Waals surface area contributed by atoms with E-state index in [1.54, 1.807) is 11.2 Å². The van der Waals surface area contributed by atoms with Crippen molar-refractivity contribution >= 4 is 18.1 Å². The minimum atomic E-state index is -1.21. The van der Waals surface area contributed by atoms with Gasteiger partial charge in [-0.05, 0) is 60.1 Å². The number of hydrogen-bond acceptors (Lipinski definition) is 11. The molecule has 6 unspecified atom stereocenters. The number of ether oxygens (including phenoxy) is 5. The third-order valence-electron chi connectivity index (χ3n) is 9.70. The predicted molar refractivity (Wildman–Crippen MR) is 205 cm³/mol. The van der Waals surface area contributed by atoms with E-state index in [2.05, 4.69) is 28.0 Å². The highest BCUT2D eigenvalue weighted by Crippen LogP contribution is 2.33. The average molecular weight is 762 g/mol. The van der Waals surface area contributed by atoms with Crippen LogP contribution in [0.25, 0.3) is 11.3 Å². The smallest absolute Gasteiger partial charge is 0.422 e. The standard InChI is InChI=1S/C41H55N5O9/c1-6-7-21-52-30-17-13-27(14-18-30)23-33(43-37(48)36(41(2,3)4)44-39(49)51-5)34(47)25-46(45-40(50)55-35-26-54-38-31(35)19-22-53-38)24-28-11-15-29(16-12-28)32-10-8-9-20-42-32/h8-18,20,31,33-36,38,47H,6-7,19,21-26H2,1-5H3,(H,43,48)(H,44,49)(H,45,50). The number of aliphatic hydroxyl groups is 1. The first-order valence-corrected chi connectivity index (χ1v) is 18.9. The van der Waals surface area contributed by atoms with Gasteiger partial charge in [0.15, 0.2) is 6.29 Å². The Labute approximate surface area is 323 Å². The van der Waals surface area contributed by atoms with Gasteiger partial charge in [-0.25, -0.2) is 14.6 Å². The molecule has 2 aliphatic heterocycles. The third-order valence-corrected chi connectivity index (χ3v) is 9.70. The summed E-state index contributed by atoms with van der Waals surface area (Å²) in [5.74, 6) is 0.167. The molecule has 14 heteroatoms. The molecule has 3 amide bonds. The summed E-state index contributed by atoms with van der Waals surface area (Å²) in [5.41, 5.74) is 5.56. The van der Waals surface area contributed by atoms with Gasteiger partial charge < -0.3 is 39.4 Å². The Kier molecular flexibility index (Phi) is 14.8. The van der Waals surface area contributed by atoms with E-state index in [9.17, 15) is 19.5 Å². The van der Waals surface area contributed by atoms with Crippen LogP contribution in [-0.2, 0) is 36.7 Å². The molecule has 2 fully saturated rings. The van der Waals surface area contributed by atoms with E-state index < -0.39 is 47.8 Å². The van der Waals surface area contributed by atoms with Crippen molar-refractivity contribution in [1.82, 2.24) is 26.1 Å². The van der Waals surface area contributed by atoms with E-state index in [1.165, 1.54) is 7.11 Å². The van der Waals surface area contributed by atoms with E-state index in [0.29, 0.717) is 13.2 Å². The highest BCUT2D eigenvalue weighted by molar-refractivity contribution is 5.86. The van der Waals surface area contributed by atoms with Gasteiger partial charge in [0.25, 0.3) is 0 Å². The summed E-state index contributed by atoms with van der Waals surface area (Å²) in [4.78, 5) is 44.0. The van der Waals surface area contributed by atoms with Gasteiger partial charge in [-0.1, -0.05) is 76.6 Å². The van der Waals surface area contributed by atoms with Gasteiger partial charge in [-0.2, -0.15) is 0 Å². The number of unbranched alkanes of at least 4 members (excludes halogenated alkanes) is 1. The number of pyridine rings is 1. The lowest BCUT2D eigenvalue weighted by atomic mass is 9.85. The minimum absolute atomic E-state index is 0.0543. The van der Waals surface area contributed by atoms with Gasteiger partial charge in [-0.3, -0.25) is 15.2 Å². The van der Waals surface area contributed by atoms with Gasteiger partial charge >= 0.3 is 12.2 Å². The number of benzene rings is 2. The second-order valence-corrected chi connectivity index (χ2v) is 15.0. The summed E-state index contributed by atoms with van der Waals surface area (Å²) in [6, 6.07) is 19.1. The number of fused-ring (bicyclic) bond motifs is 1. The number of hydrogen-bond donors (Lipinski definition) is 4. The van der Waals surface area contributed by atoms with Crippen LogP contribution in [0.3, 0.4) is 0 Å². The number of nitrogens with one attached hydrogen (secondary N) is 3. The number of aliphatic hydroxyl groups excluding tert-OH is 1. The number of carbonyl (C=O) groups excluding carboxylic acids is 3. The van der Waals surface area contributed by atoms with Crippen molar-refractivity contribution in [2.45, 2.75) is 90.5 Å². The monoisotopic (exact) mass is 761 g/mol. The first kappa shape index (κ1) is 41.4. The van der Waals surface area contributed by atoms with Gasteiger partial charge in [0.2, 0.25) is 5.91 Å². The van der Waals surface area contributed by atoms with Crippen LogP contribution >= 0.6 is 0 Å². The van der Waals surface area contributed by atoms with Gasteiger partial charge in [0, 0.05) is 24.8 Å². The largest absolute Gasteiger partial charge is 0.494 e. The molecule has 0 radical (unpaired) electrons. The Morgan fingerprint density at radius 2 is 1.73 bits per heavy atom. The molecule has 55 heavy (non-hydrogen) atoms. The lowest BCUT2D eigenvalue weighted by Crippen LogP contribution is -2.59. The number of alkyl carbamates (subject to hydrolysis) is 1. The maximum atomic E-state index is 13.9. The average Bonchev–Trinajstić information content (AvgIpc) is 3.79. The lowest BCUT2D eigenvalue weighted by molar-refractivity contribution is -0.127. The van der Waals surface area contributed by atoms with Gasteiger partial charge in [-0.15, -0.1) is 0 Å². The summed E-state index contributed by atoms with van der Waals surface area (Å²) >= 11 is 0. The van der Waals surface area contributed by atoms with Crippen molar-refractivity contribution in [3.05, 3.63) is 84.1 Å². The van der Waals surface area contributed by atoms with Crippen LogP contribution in [0.4, 0.5) is 9.59 Å². The van der Waals surface area contributed by atoms with Crippen LogP contribution in [0.15, 0.2) is 72.9 Å². The first-order chi connectivity index (χ1) is 26.4. The number of hydrazine groups is 1. The summed E-state index contributed by atoms with van der Waals surface area (Å²) in [6.45, 7) is 9.03. The third kappa shape index (κ3) is 12.1. The van der Waals surface area contributed by atoms with Crippen LogP contribution in [-0.4, -0.2) is 97.2 Å². The van der Waals surface area contributed by atoms with Crippen molar-refractivity contribution < 1.29 is 43.2 Å². The SMILES string of the molecule is CCCCOc1ccc(CC(NC(=O)C(NC(=O)OC)C(C)(C)C)C(O)CN(Cc2ccc(-c3ccccn3)cc2)NC(=O)OC2COC3OCCC23)cc1. The number of aromatic nitrogens is 1. The highest BCUT2D eigenvalue weighted by Gasteiger charge is 2.44. The highest BCUT2D eigenvalue weighted by atomic mass is 16.7. The Bertz CT molecular complexity index is 1670. The van der Waals surface area contributed by atoms with Crippen LogP contribution in [0.2, 0.25) is 0 Å². The molecule has 298 valence electrons. The van der Waals surface area contributed by atoms with Crippen LogP contribution in [0.5, 0.6) is 5.75 Å². The normalized spacial score (nSPS) is 19.5. The summed E-state index contributed by atoms with van der Waals surface area (Å²) in [6.07, 6.45) is 1.11. The molecule has 0 saturated carbocycles. The van der Waals surface area contributed by atoms with E-state index in [4.69, 9.17) is 23.7 Å². The van der Waals surface area contributed by atoms with E-state index in [1.807, 2.05) is 87.5 Å². The summed E-state index contributed by atoms with van der Waals surface area (Å²) in [5, 5.41) is 19.2. The van der Waals surface area contributed by atoms with E-state index >= 15 is 0 Å². The van der Waals surface area contributed by atoms with Crippen molar-refractivity contribution in [2.24, 2.45) is 11.3 Å². The molecular formula is C41H55N5O9. The molecule has 2 aliphatic rings. The molecule has 5 rings (SSSR count). The Morgan fingerprint density at radius 3 is 2.40 bits per heavy atom. The van der Waals surface area contributed by atoms with Crippen molar-refractivity contribution in [3.63, 3.8) is 0 Å². The molecular weight excluding hydrogens is 706 g/mol. The van der Waals surface area contributed by atoms with Gasteiger partial charge in [0.1, 0.15) is 17.9 Å². The molecule has 2 saturated heterocycles. The van der Waals surface area contributed by atoms with Crippen molar-refractivity contribution in [1.29, 1.82) is 0 Å². The second-order valence-electron chi connectivity index (χ2n) is 15.0. The molecule has 2 aromatic carbocycles. The number of nitrogens with zero attached hydrogens (tertiary/aromatic N) is 2. The fourth-order valence-corrected chi connectivity index (χ4v) is 6.59. The first-order valence-electron chi connectivity index (χ1n) is 18.9. The van der Waals surface area contributed by atoms with E-state index in [-0.39, 0.29) is 38.3 Å². The molecule has 0 bridgehead atoms. The molecule has 14 nitrogen and oxygen atoms in total. The molecule has 6 atom stereocenters. The molecule has 0 spiro atoms. The van der Waals surface area contributed by atoms with Crippen LogP contribution in [0, 0.1) is 11.3 Å². The molecule has 3 heterocycles. The van der Waals surface area contributed by atoms with Gasteiger partial charge in [0.05, 0.1) is 50.7 Å². The minimum Gasteiger partial charge on any atom is -0.494 e. The van der Waals surface area contributed by atoms with E-state index in [0.717, 1.165) is 47.4 Å². The predicted octanol–water partition coefficient (Wildman–Crippen LogP) is 4.99. The quantitative estimate of drug-likeness (QED) is 0.108. The second kappa shape index (κ2) is 19.7. The zero-order valence-electron chi connectivity index (χ0n) is 32.4. The fraction of sp³-hybridized carbons (Fsp3) is 0.512. The lowest BCUT2D eigenvalue weighted by Gasteiger charge is -2.34. The maximum absolute atomic E-state index is 13.9. The zero-order chi connectivity index (χ0) is 39.4. The molecule has 0 aliphatic carbocycles. The summed E-state index contributed by atoms with van der Waals surface area (Å²) in [7, 11) is 1.23. The Morgan fingerprint density at radius 1 is 0.982 bits per heavy atom. The maximum Gasteiger partial charge on any atom is 0.422 e. The fourth-order valence-electron chi connectivity index (χ4n) is 6.59. The number of methoxy groups -OCH3 is 1. The molecule has 3 aromatic rings. The van der Waals surface area contributed by atoms with Crippen LogP contribution < -0.4 is 20.8 Å². The molecule has 4 N–H and O–H groups in total. The molecule has 1 aromatic heterocycles. The number of carbonyl (C=O) groups is 3. The number of rotatable bonds is 17. The number of amides is 3. The topological polar surface area (TPSA) is 170 Å². The Balaban J connectivity index is 1.37. The van der Waals surface area contributed by atoms with Crippen LogP contribution in [0.1, 0.15) is 58.1 Å². The van der Waals surface area contributed by atoms with Crippen molar-refractivity contribution in [2.75, 3.05) is 33.5 Å². The zero-order valence-corrected chi connectivity index (χ0v) is 32.4. The van der Waals surface area contributed by atoms with Crippen molar-refractivity contribution in [3.8, 4) is 17.0 Å². The Hall–Kier alpha value is -4.76.